The van der Waals surface area contributed by atoms with Crippen molar-refractivity contribution >= 4 is 17.3 Å². The molecule has 1 heterocycles. The van der Waals surface area contributed by atoms with Crippen LogP contribution in [0.15, 0.2) is 18.2 Å². The Hall–Kier alpha value is -0.800. The second-order valence-corrected chi connectivity index (χ2v) is 4.82. The predicted octanol–water partition coefficient (Wildman–Crippen LogP) is 3.18. The summed E-state index contributed by atoms with van der Waals surface area (Å²) in [5, 5.41) is 0. The van der Waals surface area contributed by atoms with Gasteiger partial charge in [-0.3, -0.25) is 0 Å². The van der Waals surface area contributed by atoms with Crippen LogP contribution in [0.1, 0.15) is 19.4 Å². The van der Waals surface area contributed by atoms with Crippen LogP contribution in [0.2, 0.25) is 0 Å². The van der Waals surface area contributed by atoms with E-state index in [1.807, 2.05) is 13.0 Å². The summed E-state index contributed by atoms with van der Waals surface area (Å²) < 4.78 is 18.8. The Morgan fingerprint density at radius 3 is 2.94 bits per heavy atom. The van der Waals surface area contributed by atoms with Crippen LogP contribution < -0.4 is 4.90 Å². The highest BCUT2D eigenvalue weighted by molar-refractivity contribution is 6.17. The largest absolute Gasteiger partial charge is 0.375 e. The molecule has 1 saturated heterocycles. The van der Waals surface area contributed by atoms with Crippen LogP contribution in [0.5, 0.6) is 0 Å². The van der Waals surface area contributed by atoms with Gasteiger partial charge in [0, 0.05) is 24.2 Å². The smallest absolute Gasteiger partial charge is 0.123 e. The Morgan fingerprint density at radius 1 is 1.47 bits per heavy atom. The van der Waals surface area contributed by atoms with Crippen molar-refractivity contribution in [3.63, 3.8) is 0 Å². The minimum Gasteiger partial charge on any atom is -0.375 e. The average molecular weight is 258 g/mol. The van der Waals surface area contributed by atoms with Gasteiger partial charge in [0.1, 0.15) is 5.82 Å². The van der Waals surface area contributed by atoms with Gasteiger partial charge in [-0.25, -0.2) is 4.39 Å². The Balaban J connectivity index is 2.31. The zero-order valence-corrected chi connectivity index (χ0v) is 10.9. The Morgan fingerprint density at radius 2 is 2.24 bits per heavy atom. The maximum Gasteiger partial charge on any atom is 0.123 e. The maximum atomic E-state index is 13.2. The van der Waals surface area contributed by atoms with Crippen molar-refractivity contribution in [2.75, 3.05) is 18.1 Å². The molecule has 0 amide bonds. The number of morpholine rings is 1. The molecule has 1 fully saturated rings. The molecule has 0 radical (unpaired) electrons. The second kappa shape index (κ2) is 5.23. The summed E-state index contributed by atoms with van der Waals surface area (Å²) in [4.78, 5) is 2.24. The third kappa shape index (κ3) is 2.72. The molecule has 0 saturated carbocycles. The molecule has 94 valence electrons. The van der Waals surface area contributed by atoms with Crippen LogP contribution in [-0.4, -0.2) is 25.3 Å². The number of nitrogens with zero attached hydrogens (tertiary/aromatic N) is 1. The lowest BCUT2D eigenvalue weighted by molar-refractivity contribution is 0.0343. The van der Waals surface area contributed by atoms with Crippen molar-refractivity contribution in [2.45, 2.75) is 31.9 Å². The number of anilines is 1. The van der Waals surface area contributed by atoms with E-state index in [0.717, 1.165) is 17.8 Å². The van der Waals surface area contributed by atoms with Crippen molar-refractivity contribution in [2.24, 2.45) is 0 Å². The highest BCUT2D eigenvalue weighted by Gasteiger charge is 2.25. The molecule has 1 aliphatic heterocycles. The van der Waals surface area contributed by atoms with Crippen LogP contribution in [0, 0.1) is 5.82 Å². The van der Waals surface area contributed by atoms with E-state index in [-0.39, 0.29) is 11.9 Å². The quantitative estimate of drug-likeness (QED) is 0.755. The summed E-state index contributed by atoms with van der Waals surface area (Å²) in [7, 11) is 0. The van der Waals surface area contributed by atoms with Crippen LogP contribution >= 0.6 is 11.6 Å². The summed E-state index contributed by atoms with van der Waals surface area (Å²) in [6.07, 6.45) is 0.194. The van der Waals surface area contributed by atoms with Crippen molar-refractivity contribution < 1.29 is 9.13 Å². The van der Waals surface area contributed by atoms with Gasteiger partial charge in [0.2, 0.25) is 0 Å². The van der Waals surface area contributed by atoms with Gasteiger partial charge in [0.05, 0.1) is 12.7 Å². The topological polar surface area (TPSA) is 12.5 Å². The second-order valence-electron chi connectivity index (χ2n) is 4.55. The van der Waals surface area contributed by atoms with Crippen molar-refractivity contribution in [3.8, 4) is 0 Å². The molecular formula is C13H17ClFNO. The monoisotopic (exact) mass is 257 g/mol. The molecule has 2 rings (SSSR count). The molecule has 1 aliphatic rings. The van der Waals surface area contributed by atoms with E-state index in [4.69, 9.17) is 16.3 Å². The SMILES string of the molecule is CC1CN(c2ccc(F)cc2CCl)C(C)CO1. The predicted molar refractivity (Wildman–Crippen MR) is 68.2 cm³/mol. The molecule has 1 aromatic rings. The fourth-order valence-electron chi connectivity index (χ4n) is 2.18. The lowest BCUT2D eigenvalue weighted by Gasteiger charge is -2.39. The van der Waals surface area contributed by atoms with Crippen LogP contribution in [-0.2, 0) is 10.6 Å². The Labute approximate surface area is 106 Å². The summed E-state index contributed by atoms with van der Waals surface area (Å²) in [5.74, 6) is 0.0873. The van der Waals surface area contributed by atoms with Gasteiger partial charge in [0.15, 0.2) is 0 Å². The fraction of sp³-hybridized carbons (Fsp3) is 0.538. The van der Waals surface area contributed by atoms with Gasteiger partial charge in [-0.2, -0.15) is 0 Å². The summed E-state index contributed by atoms with van der Waals surface area (Å²) in [5.41, 5.74) is 1.86. The van der Waals surface area contributed by atoms with Crippen molar-refractivity contribution in [1.82, 2.24) is 0 Å². The molecule has 2 nitrogen and oxygen atoms in total. The molecule has 17 heavy (non-hydrogen) atoms. The van der Waals surface area contributed by atoms with Gasteiger partial charge in [-0.1, -0.05) is 0 Å². The van der Waals surface area contributed by atoms with Crippen LogP contribution in [0.4, 0.5) is 10.1 Å². The van der Waals surface area contributed by atoms with E-state index in [2.05, 4.69) is 11.8 Å². The van der Waals surface area contributed by atoms with Gasteiger partial charge < -0.3 is 9.64 Å². The standard InChI is InChI=1S/C13H17ClFNO/c1-9-8-17-10(2)7-16(9)13-4-3-12(15)5-11(13)6-14/h3-5,9-10H,6-8H2,1-2H3. The van der Waals surface area contributed by atoms with Crippen molar-refractivity contribution in [3.05, 3.63) is 29.6 Å². The maximum absolute atomic E-state index is 13.2. The number of hydrogen-bond acceptors (Lipinski definition) is 2. The van der Waals surface area contributed by atoms with E-state index in [9.17, 15) is 4.39 Å². The van der Waals surface area contributed by atoms with Crippen LogP contribution in [0.25, 0.3) is 0 Å². The van der Waals surface area contributed by atoms with Gasteiger partial charge >= 0.3 is 0 Å². The van der Waals surface area contributed by atoms with Gasteiger partial charge in [-0.15, -0.1) is 11.6 Å². The number of rotatable bonds is 2. The first-order valence-corrected chi connectivity index (χ1v) is 6.38. The average Bonchev–Trinajstić information content (AvgIpc) is 2.32. The zero-order chi connectivity index (χ0) is 12.4. The summed E-state index contributed by atoms with van der Waals surface area (Å²) >= 11 is 5.88. The molecule has 2 unspecified atom stereocenters. The molecule has 2 atom stereocenters. The first-order chi connectivity index (χ1) is 8.11. The fourth-order valence-corrected chi connectivity index (χ4v) is 2.39. The molecule has 4 heteroatoms. The van der Waals surface area contributed by atoms with E-state index in [1.54, 1.807) is 0 Å². The third-order valence-electron chi connectivity index (χ3n) is 3.10. The highest BCUT2D eigenvalue weighted by atomic mass is 35.5. The molecule has 0 aliphatic carbocycles. The molecule has 0 aromatic heterocycles. The number of hydrogen-bond donors (Lipinski definition) is 0. The normalized spacial score (nSPS) is 25.1. The minimum absolute atomic E-state index is 0.194. The molecule has 0 spiro atoms. The first-order valence-electron chi connectivity index (χ1n) is 5.84. The summed E-state index contributed by atoms with van der Waals surface area (Å²) in [6, 6.07) is 5.09. The zero-order valence-electron chi connectivity index (χ0n) is 10.1. The van der Waals surface area contributed by atoms with Gasteiger partial charge in [-0.05, 0) is 37.6 Å². The molecule has 0 bridgehead atoms. The van der Waals surface area contributed by atoms with E-state index in [0.29, 0.717) is 18.5 Å². The number of halogens is 2. The van der Waals surface area contributed by atoms with E-state index < -0.39 is 0 Å². The highest BCUT2D eigenvalue weighted by Crippen LogP contribution is 2.27. The lowest BCUT2D eigenvalue weighted by atomic mass is 10.1. The summed E-state index contributed by atoms with van der Waals surface area (Å²) in [6.45, 7) is 5.66. The molecule has 0 N–H and O–H groups in total. The first kappa shape index (κ1) is 12.7. The van der Waals surface area contributed by atoms with Crippen molar-refractivity contribution in [1.29, 1.82) is 0 Å². The minimum atomic E-state index is -0.238. The van der Waals surface area contributed by atoms with E-state index >= 15 is 0 Å². The van der Waals surface area contributed by atoms with Gasteiger partial charge in [0.25, 0.3) is 0 Å². The third-order valence-corrected chi connectivity index (χ3v) is 3.39. The number of ether oxygens (including phenoxy) is 1. The Bertz CT molecular complexity index is 399. The van der Waals surface area contributed by atoms with E-state index in [1.165, 1.54) is 12.1 Å². The number of alkyl halides is 1. The Kier molecular flexibility index (Phi) is 3.89. The van der Waals surface area contributed by atoms with Crippen LogP contribution in [0.3, 0.4) is 0 Å². The molecular weight excluding hydrogens is 241 g/mol. The molecule has 1 aromatic carbocycles. The lowest BCUT2D eigenvalue weighted by Crippen LogP contribution is -2.47. The number of benzene rings is 1.